The van der Waals surface area contributed by atoms with E-state index in [2.05, 4.69) is 31.6 Å². The molecule has 0 saturated heterocycles. The van der Waals surface area contributed by atoms with E-state index in [4.69, 9.17) is 0 Å². The SMILES string of the molecule is Cc1c(C(=O)NC2CCCC2)nnn1-c1ccccc1Br. The van der Waals surface area contributed by atoms with Gasteiger partial charge >= 0.3 is 0 Å². The summed E-state index contributed by atoms with van der Waals surface area (Å²) in [7, 11) is 0. The second-order valence-electron chi connectivity index (χ2n) is 5.34. The summed E-state index contributed by atoms with van der Waals surface area (Å²) in [6.07, 6.45) is 4.49. The Balaban J connectivity index is 1.85. The Bertz CT molecular complexity index is 661. The van der Waals surface area contributed by atoms with E-state index < -0.39 is 0 Å². The van der Waals surface area contributed by atoms with Gasteiger partial charge in [0.2, 0.25) is 0 Å². The van der Waals surface area contributed by atoms with Gasteiger partial charge in [-0.15, -0.1) is 5.10 Å². The standard InChI is InChI=1S/C15H17BrN4O/c1-10-14(15(21)17-11-6-2-3-7-11)18-19-20(10)13-9-5-4-8-12(13)16/h4-5,8-9,11H,2-3,6-7H2,1H3,(H,17,21). The summed E-state index contributed by atoms with van der Waals surface area (Å²) in [5.74, 6) is -0.127. The third kappa shape index (κ3) is 2.85. The number of amides is 1. The topological polar surface area (TPSA) is 59.8 Å². The minimum Gasteiger partial charge on any atom is -0.348 e. The van der Waals surface area contributed by atoms with Crippen LogP contribution in [-0.4, -0.2) is 26.9 Å². The molecule has 1 N–H and O–H groups in total. The smallest absolute Gasteiger partial charge is 0.273 e. The predicted octanol–water partition coefficient (Wildman–Crippen LogP) is 3.01. The third-order valence-corrected chi connectivity index (χ3v) is 4.55. The fraction of sp³-hybridized carbons (Fsp3) is 0.400. The Morgan fingerprint density at radius 1 is 1.33 bits per heavy atom. The van der Waals surface area contributed by atoms with Crippen molar-refractivity contribution in [2.45, 2.75) is 38.6 Å². The number of benzene rings is 1. The molecule has 6 heteroatoms. The molecular formula is C15H17BrN4O. The van der Waals surface area contributed by atoms with E-state index in [-0.39, 0.29) is 11.9 Å². The minimum atomic E-state index is -0.127. The molecule has 2 aromatic rings. The van der Waals surface area contributed by atoms with E-state index in [1.54, 1.807) is 4.68 Å². The van der Waals surface area contributed by atoms with Gasteiger partial charge in [0, 0.05) is 10.5 Å². The summed E-state index contributed by atoms with van der Waals surface area (Å²) in [5.41, 5.74) is 2.03. The molecule has 0 unspecified atom stereocenters. The molecule has 1 saturated carbocycles. The first-order valence-electron chi connectivity index (χ1n) is 7.15. The fourth-order valence-electron chi connectivity index (χ4n) is 2.72. The van der Waals surface area contributed by atoms with Crippen molar-refractivity contribution in [1.82, 2.24) is 20.3 Å². The molecule has 5 nitrogen and oxygen atoms in total. The lowest BCUT2D eigenvalue weighted by Gasteiger charge is -2.11. The van der Waals surface area contributed by atoms with Crippen LogP contribution in [0.1, 0.15) is 41.9 Å². The maximum atomic E-state index is 12.3. The van der Waals surface area contributed by atoms with E-state index in [0.29, 0.717) is 5.69 Å². The first kappa shape index (κ1) is 14.3. The van der Waals surface area contributed by atoms with Crippen molar-refractivity contribution >= 4 is 21.8 Å². The van der Waals surface area contributed by atoms with Crippen molar-refractivity contribution in [3.63, 3.8) is 0 Å². The van der Waals surface area contributed by atoms with Crippen molar-refractivity contribution in [2.75, 3.05) is 0 Å². The highest BCUT2D eigenvalue weighted by atomic mass is 79.9. The molecule has 1 amide bonds. The molecule has 1 aromatic carbocycles. The van der Waals surface area contributed by atoms with Gasteiger partial charge in [-0.25, -0.2) is 4.68 Å². The molecule has 3 rings (SSSR count). The van der Waals surface area contributed by atoms with Crippen LogP contribution in [0.25, 0.3) is 5.69 Å². The van der Waals surface area contributed by atoms with Crippen LogP contribution in [0, 0.1) is 6.92 Å². The number of rotatable bonds is 3. The average Bonchev–Trinajstić information content (AvgIpc) is 3.09. The summed E-state index contributed by atoms with van der Waals surface area (Å²) in [4.78, 5) is 12.3. The van der Waals surface area contributed by atoms with Crippen LogP contribution in [0.4, 0.5) is 0 Å². The second-order valence-corrected chi connectivity index (χ2v) is 6.20. The molecule has 0 spiro atoms. The predicted molar refractivity (Wildman–Crippen MR) is 83.5 cm³/mol. The molecular weight excluding hydrogens is 332 g/mol. The van der Waals surface area contributed by atoms with E-state index in [1.165, 1.54) is 12.8 Å². The molecule has 1 heterocycles. The van der Waals surface area contributed by atoms with Crippen molar-refractivity contribution in [1.29, 1.82) is 0 Å². The highest BCUT2D eigenvalue weighted by molar-refractivity contribution is 9.10. The Hall–Kier alpha value is -1.69. The van der Waals surface area contributed by atoms with Crippen LogP contribution in [0.15, 0.2) is 28.7 Å². The zero-order valence-corrected chi connectivity index (χ0v) is 13.4. The van der Waals surface area contributed by atoms with Gasteiger partial charge in [0.25, 0.3) is 5.91 Å². The number of carbonyl (C=O) groups is 1. The van der Waals surface area contributed by atoms with E-state index in [1.807, 2.05) is 31.2 Å². The molecule has 0 radical (unpaired) electrons. The lowest BCUT2D eigenvalue weighted by molar-refractivity contribution is 0.0932. The van der Waals surface area contributed by atoms with Gasteiger partial charge in [0.1, 0.15) is 0 Å². The Morgan fingerprint density at radius 3 is 2.76 bits per heavy atom. The van der Waals surface area contributed by atoms with Crippen molar-refractivity contribution in [3.05, 3.63) is 40.1 Å². The maximum Gasteiger partial charge on any atom is 0.273 e. The molecule has 1 fully saturated rings. The molecule has 0 aliphatic heterocycles. The van der Waals surface area contributed by atoms with Crippen LogP contribution in [0.3, 0.4) is 0 Å². The fourth-order valence-corrected chi connectivity index (χ4v) is 3.17. The number of carbonyl (C=O) groups excluding carboxylic acids is 1. The quantitative estimate of drug-likeness (QED) is 0.927. The number of halogens is 1. The first-order chi connectivity index (χ1) is 10.2. The van der Waals surface area contributed by atoms with Gasteiger partial charge in [0.15, 0.2) is 5.69 Å². The minimum absolute atomic E-state index is 0.127. The number of aromatic nitrogens is 3. The number of nitrogens with zero attached hydrogens (tertiary/aromatic N) is 3. The van der Waals surface area contributed by atoms with Gasteiger partial charge < -0.3 is 5.32 Å². The van der Waals surface area contributed by atoms with E-state index >= 15 is 0 Å². The normalized spacial score (nSPS) is 15.3. The van der Waals surface area contributed by atoms with Gasteiger partial charge in [0.05, 0.1) is 11.4 Å². The monoisotopic (exact) mass is 348 g/mol. The lowest BCUT2D eigenvalue weighted by Crippen LogP contribution is -2.33. The van der Waals surface area contributed by atoms with Crippen molar-refractivity contribution < 1.29 is 4.79 Å². The summed E-state index contributed by atoms with van der Waals surface area (Å²) in [6.45, 7) is 1.86. The molecule has 1 aliphatic rings. The highest BCUT2D eigenvalue weighted by Crippen LogP contribution is 2.22. The van der Waals surface area contributed by atoms with Crippen LogP contribution < -0.4 is 5.32 Å². The van der Waals surface area contributed by atoms with E-state index in [0.717, 1.165) is 28.7 Å². The summed E-state index contributed by atoms with van der Waals surface area (Å²) in [5, 5.41) is 11.2. The van der Waals surface area contributed by atoms with Crippen LogP contribution in [0.2, 0.25) is 0 Å². The second kappa shape index (κ2) is 5.97. The van der Waals surface area contributed by atoms with E-state index in [9.17, 15) is 4.79 Å². The van der Waals surface area contributed by atoms with Gasteiger partial charge in [-0.05, 0) is 47.8 Å². The molecule has 21 heavy (non-hydrogen) atoms. The van der Waals surface area contributed by atoms with Crippen molar-refractivity contribution in [3.8, 4) is 5.69 Å². The van der Waals surface area contributed by atoms with Gasteiger partial charge in [-0.3, -0.25) is 4.79 Å². The van der Waals surface area contributed by atoms with Crippen molar-refractivity contribution in [2.24, 2.45) is 0 Å². The number of nitrogens with one attached hydrogen (secondary N) is 1. The van der Waals surface area contributed by atoms with Gasteiger partial charge in [-0.1, -0.05) is 30.2 Å². The molecule has 0 bridgehead atoms. The third-order valence-electron chi connectivity index (χ3n) is 3.88. The Kier molecular flexibility index (Phi) is 4.05. The Labute approximate surface area is 131 Å². The first-order valence-corrected chi connectivity index (χ1v) is 7.94. The largest absolute Gasteiger partial charge is 0.348 e. The van der Waals surface area contributed by atoms with Crippen LogP contribution in [-0.2, 0) is 0 Å². The molecule has 110 valence electrons. The summed E-state index contributed by atoms with van der Waals surface area (Å²) in [6, 6.07) is 8.03. The lowest BCUT2D eigenvalue weighted by atomic mass is 10.2. The number of hydrogen-bond acceptors (Lipinski definition) is 3. The average molecular weight is 349 g/mol. The van der Waals surface area contributed by atoms with Crippen LogP contribution >= 0.6 is 15.9 Å². The van der Waals surface area contributed by atoms with Crippen LogP contribution in [0.5, 0.6) is 0 Å². The molecule has 1 aliphatic carbocycles. The zero-order valence-electron chi connectivity index (χ0n) is 11.8. The summed E-state index contributed by atoms with van der Waals surface area (Å²) >= 11 is 3.50. The number of para-hydroxylation sites is 1. The Morgan fingerprint density at radius 2 is 2.05 bits per heavy atom. The zero-order chi connectivity index (χ0) is 14.8. The molecule has 1 aromatic heterocycles. The molecule has 0 atom stereocenters. The van der Waals surface area contributed by atoms with Gasteiger partial charge in [-0.2, -0.15) is 0 Å². The highest BCUT2D eigenvalue weighted by Gasteiger charge is 2.22. The number of hydrogen-bond donors (Lipinski definition) is 1. The maximum absolute atomic E-state index is 12.3. The summed E-state index contributed by atoms with van der Waals surface area (Å²) < 4.78 is 2.61.